The molecule has 2 N–H and O–H groups in total. The summed E-state index contributed by atoms with van der Waals surface area (Å²) in [5, 5.41) is 11.9. The number of hydrogen-bond donors (Lipinski definition) is 2. The maximum Gasteiger partial charge on any atom is 0.325 e. The van der Waals surface area contributed by atoms with E-state index in [0.717, 1.165) is 10.5 Å². The van der Waals surface area contributed by atoms with Crippen molar-refractivity contribution in [3.8, 4) is 0 Å². The van der Waals surface area contributed by atoms with E-state index in [9.17, 15) is 4.79 Å². The van der Waals surface area contributed by atoms with Crippen molar-refractivity contribution in [3.05, 3.63) is 29.8 Å². The number of hydrogen-bond acceptors (Lipinski definition) is 3. The van der Waals surface area contributed by atoms with E-state index in [4.69, 9.17) is 5.11 Å². The number of carbonyl (C=O) groups is 1. The number of likely N-dealkylation sites (N-methyl/N-ethyl adjacent to an activating group) is 1. The van der Waals surface area contributed by atoms with Crippen molar-refractivity contribution >= 4 is 17.7 Å². The number of carboxylic acids is 1. The third-order valence-corrected chi connectivity index (χ3v) is 2.85. The molecule has 0 heterocycles. The first-order valence-electron chi connectivity index (χ1n) is 4.79. The smallest absolute Gasteiger partial charge is 0.325 e. The van der Waals surface area contributed by atoms with Crippen LogP contribution in [0, 0.1) is 0 Å². The summed E-state index contributed by atoms with van der Waals surface area (Å²) in [6, 6.07) is 6.98. The van der Waals surface area contributed by atoms with Crippen LogP contribution in [0.25, 0.3) is 0 Å². The second kappa shape index (κ2) is 5.78. The molecule has 0 saturated heterocycles. The lowest BCUT2D eigenvalue weighted by Crippen LogP contribution is -2.28. The van der Waals surface area contributed by atoms with Crippen LogP contribution in [-0.4, -0.2) is 23.9 Å². The molecule has 0 amide bonds. The van der Waals surface area contributed by atoms with E-state index < -0.39 is 12.0 Å². The molecule has 4 heteroatoms. The number of benzene rings is 1. The molecule has 0 aliphatic heterocycles. The van der Waals surface area contributed by atoms with Gasteiger partial charge in [-0.05, 0) is 30.5 Å². The fourth-order valence-electron chi connectivity index (χ4n) is 1.35. The van der Waals surface area contributed by atoms with Gasteiger partial charge in [0.25, 0.3) is 0 Å². The van der Waals surface area contributed by atoms with E-state index in [1.165, 1.54) is 0 Å². The van der Waals surface area contributed by atoms with E-state index in [1.807, 2.05) is 37.4 Å². The highest BCUT2D eigenvalue weighted by molar-refractivity contribution is 7.98. The van der Waals surface area contributed by atoms with Crippen LogP contribution < -0.4 is 5.32 Å². The second-order valence-electron chi connectivity index (χ2n) is 3.10. The fourth-order valence-corrected chi connectivity index (χ4v) is 1.76. The van der Waals surface area contributed by atoms with Crippen molar-refractivity contribution in [1.82, 2.24) is 5.32 Å². The Bertz CT molecular complexity index is 324. The Morgan fingerprint density at radius 3 is 2.47 bits per heavy atom. The third-order valence-electron chi connectivity index (χ3n) is 2.10. The molecule has 0 aromatic heterocycles. The van der Waals surface area contributed by atoms with Crippen molar-refractivity contribution in [2.45, 2.75) is 17.9 Å². The average molecular weight is 225 g/mol. The van der Waals surface area contributed by atoms with Crippen molar-refractivity contribution < 1.29 is 9.90 Å². The molecule has 0 radical (unpaired) electrons. The second-order valence-corrected chi connectivity index (χ2v) is 3.98. The summed E-state index contributed by atoms with van der Waals surface area (Å²) in [6.07, 6.45) is 1.99. The highest BCUT2D eigenvalue weighted by Crippen LogP contribution is 2.19. The molecule has 15 heavy (non-hydrogen) atoms. The lowest BCUT2D eigenvalue weighted by Gasteiger charge is -2.13. The van der Waals surface area contributed by atoms with Gasteiger partial charge in [0.1, 0.15) is 6.04 Å². The van der Waals surface area contributed by atoms with Crippen LogP contribution in [0.2, 0.25) is 0 Å². The lowest BCUT2D eigenvalue weighted by atomic mass is 10.1. The summed E-state index contributed by atoms with van der Waals surface area (Å²) >= 11 is 1.64. The monoisotopic (exact) mass is 225 g/mol. The SMILES string of the molecule is CCNC(C(=O)O)c1ccc(SC)cc1. The van der Waals surface area contributed by atoms with E-state index in [-0.39, 0.29) is 0 Å². The summed E-state index contributed by atoms with van der Waals surface area (Å²) in [5.74, 6) is -0.839. The van der Waals surface area contributed by atoms with E-state index >= 15 is 0 Å². The maximum absolute atomic E-state index is 11.0. The normalized spacial score (nSPS) is 12.4. The fraction of sp³-hybridized carbons (Fsp3) is 0.364. The molecule has 0 saturated carbocycles. The predicted molar refractivity (Wildman–Crippen MR) is 62.3 cm³/mol. The van der Waals surface area contributed by atoms with Crippen molar-refractivity contribution in [1.29, 1.82) is 0 Å². The molecule has 1 unspecified atom stereocenters. The van der Waals surface area contributed by atoms with Gasteiger partial charge in [-0.25, -0.2) is 0 Å². The number of aliphatic carboxylic acids is 1. The maximum atomic E-state index is 11.0. The highest BCUT2D eigenvalue weighted by atomic mass is 32.2. The predicted octanol–water partition coefficient (Wildman–Crippen LogP) is 2.14. The van der Waals surface area contributed by atoms with Gasteiger partial charge in [0.05, 0.1) is 0 Å². The molecular weight excluding hydrogens is 210 g/mol. The molecule has 0 bridgehead atoms. The van der Waals surface area contributed by atoms with Crippen molar-refractivity contribution in [2.24, 2.45) is 0 Å². The zero-order chi connectivity index (χ0) is 11.3. The molecule has 0 aliphatic rings. The Kier molecular flexibility index (Phi) is 4.65. The van der Waals surface area contributed by atoms with Gasteiger partial charge in [0, 0.05) is 4.90 Å². The minimum atomic E-state index is -0.839. The zero-order valence-electron chi connectivity index (χ0n) is 8.86. The van der Waals surface area contributed by atoms with Crippen molar-refractivity contribution in [3.63, 3.8) is 0 Å². The van der Waals surface area contributed by atoms with Gasteiger partial charge in [0.15, 0.2) is 0 Å². The van der Waals surface area contributed by atoms with Crippen LogP contribution in [0.4, 0.5) is 0 Å². The van der Waals surface area contributed by atoms with Crippen LogP contribution in [0.15, 0.2) is 29.2 Å². The van der Waals surface area contributed by atoms with Gasteiger partial charge < -0.3 is 10.4 Å². The summed E-state index contributed by atoms with van der Waals surface area (Å²) in [6.45, 7) is 2.54. The van der Waals surface area contributed by atoms with Gasteiger partial charge in [-0.15, -0.1) is 11.8 Å². The Hall–Kier alpha value is -1.00. The Labute approximate surface area is 93.9 Å². The lowest BCUT2D eigenvalue weighted by molar-refractivity contribution is -0.139. The quantitative estimate of drug-likeness (QED) is 0.754. The first-order chi connectivity index (χ1) is 7.19. The van der Waals surface area contributed by atoms with Crippen LogP contribution in [0.5, 0.6) is 0 Å². The van der Waals surface area contributed by atoms with E-state index in [1.54, 1.807) is 11.8 Å². The standard InChI is InChI=1S/C11H15NO2S/c1-3-12-10(11(13)14)8-4-6-9(15-2)7-5-8/h4-7,10,12H,3H2,1-2H3,(H,13,14). The zero-order valence-corrected chi connectivity index (χ0v) is 9.67. The summed E-state index contributed by atoms with van der Waals surface area (Å²) in [4.78, 5) is 12.1. The van der Waals surface area contributed by atoms with Gasteiger partial charge in [0.2, 0.25) is 0 Å². The molecular formula is C11H15NO2S. The molecule has 1 rings (SSSR count). The molecule has 1 aromatic rings. The molecule has 82 valence electrons. The largest absolute Gasteiger partial charge is 0.480 e. The molecule has 3 nitrogen and oxygen atoms in total. The summed E-state index contributed by atoms with van der Waals surface area (Å²) in [7, 11) is 0. The molecule has 1 aromatic carbocycles. The number of nitrogens with one attached hydrogen (secondary N) is 1. The molecule has 0 spiro atoms. The number of rotatable bonds is 5. The Balaban J connectivity index is 2.86. The first-order valence-corrected chi connectivity index (χ1v) is 6.01. The van der Waals surface area contributed by atoms with Crippen LogP contribution in [0.1, 0.15) is 18.5 Å². The van der Waals surface area contributed by atoms with Crippen LogP contribution >= 0.6 is 11.8 Å². The number of thioether (sulfide) groups is 1. The van der Waals surface area contributed by atoms with Crippen molar-refractivity contribution in [2.75, 3.05) is 12.8 Å². The Morgan fingerprint density at radius 2 is 2.07 bits per heavy atom. The Morgan fingerprint density at radius 1 is 1.47 bits per heavy atom. The number of carboxylic acid groups (broad SMARTS) is 1. The topological polar surface area (TPSA) is 49.3 Å². The van der Waals surface area contributed by atoms with Gasteiger partial charge in [-0.1, -0.05) is 19.1 Å². The molecule has 0 aliphatic carbocycles. The van der Waals surface area contributed by atoms with Crippen LogP contribution in [-0.2, 0) is 4.79 Å². The van der Waals surface area contributed by atoms with E-state index in [2.05, 4.69) is 5.32 Å². The minimum Gasteiger partial charge on any atom is -0.480 e. The van der Waals surface area contributed by atoms with Gasteiger partial charge in [-0.3, -0.25) is 4.79 Å². The third kappa shape index (κ3) is 3.25. The summed E-state index contributed by atoms with van der Waals surface area (Å²) in [5.41, 5.74) is 0.794. The highest BCUT2D eigenvalue weighted by Gasteiger charge is 2.17. The molecule has 0 fully saturated rings. The minimum absolute atomic E-state index is 0.606. The summed E-state index contributed by atoms with van der Waals surface area (Å²) < 4.78 is 0. The first kappa shape index (κ1) is 12.1. The van der Waals surface area contributed by atoms with E-state index in [0.29, 0.717) is 6.54 Å². The van der Waals surface area contributed by atoms with Gasteiger partial charge >= 0.3 is 5.97 Å². The molecule has 1 atom stereocenters. The average Bonchev–Trinajstić information content (AvgIpc) is 2.26. The van der Waals surface area contributed by atoms with Gasteiger partial charge in [-0.2, -0.15) is 0 Å². The van der Waals surface area contributed by atoms with Crippen LogP contribution in [0.3, 0.4) is 0 Å².